The fourth-order valence-electron chi connectivity index (χ4n) is 0.399. The van der Waals surface area contributed by atoms with Crippen LogP contribution in [-0.4, -0.2) is 36.8 Å². The van der Waals surface area contributed by atoms with Gasteiger partial charge >= 0.3 is 0 Å². The third-order valence-corrected chi connectivity index (χ3v) is 1.15. The van der Waals surface area contributed by atoms with Gasteiger partial charge in [0, 0.05) is 13.1 Å². The topological polar surface area (TPSA) is 35.5 Å². The second-order valence-corrected chi connectivity index (χ2v) is 1.80. The molecule has 0 aliphatic heterocycles. The van der Waals surface area contributed by atoms with Crippen LogP contribution in [0.5, 0.6) is 0 Å². The molecule has 0 heterocycles. The Bertz CT molecular complexity index is 49.7. The van der Waals surface area contributed by atoms with E-state index in [0.29, 0.717) is 6.54 Å². The molecule has 0 aliphatic rings. The summed E-state index contributed by atoms with van der Waals surface area (Å²) in [6.07, 6.45) is 0. The minimum atomic E-state index is 0.643. The fourth-order valence-corrected chi connectivity index (χ4v) is 0.399. The Kier molecular flexibility index (Phi) is 4.95. The largest absolute Gasteiger partial charge is 0.317 e. The van der Waals surface area contributed by atoms with E-state index in [9.17, 15) is 0 Å². The van der Waals surface area contributed by atoms with Crippen LogP contribution in [0.3, 0.4) is 0 Å². The minimum Gasteiger partial charge on any atom is -0.317 e. The van der Waals surface area contributed by atoms with Crippen molar-refractivity contribution in [1.82, 2.24) is 10.4 Å². The molecule has 0 aromatic heterocycles. The van der Waals surface area contributed by atoms with Gasteiger partial charge in [0.2, 0.25) is 0 Å². The maximum atomic E-state index is 8.13. The summed E-state index contributed by atoms with van der Waals surface area (Å²) in [5.74, 6) is 0. The predicted molar refractivity (Wildman–Crippen MR) is 33.0 cm³/mol. The smallest absolute Gasteiger partial charge is 0.0335 e. The highest BCUT2D eigenvalue weighted by molar-refractivity contribution is 4.45. The van der Waals surface area contributed by atoms with Crippen molar-refractivity contribution in [2.75, 3.05) is 26.7 Å². The van der Waals surface area contributed by atoms with E-state index >= 15 is 0 Å². The molecule has 50 valence electrons. The second kappa shape index (κ2) is 5.03. The van der Waals surface area contributed by atoms with Crippen molar-refractivity contribution in [3.8, 4) is 0 Å². The van der Waals surface area contributed by atoms with Crippen molar-refractivity contribution in [3.05, 3.63) is 0 Å². The Morgan fingerprint density at radius 1 is 1.62 bits per heavy atom. The number of hydrogen-bond acceptors (Lipinski definition) is 3. The number of rotatable bonds is 4. The highest BCUT2D eigenvalue weighted by atomic mass is 16.5. The summed E-state index contributed by atoms with van der Waals surface area (Å²) in [5, 5.41) is 8.13. The van der Waals surface area contributed by atoms with E-state index in [1.165, 1.54) is 0 Å². The number of hydroxylamine groups is 1. The van der Waals surface area contributed by atoms with E-state index in [4.69, 9.17) is 5.21 Å². The number of likely N-dealkylation sites (N-methyl/N-ethyl adjacent to an activating group) is 1. The zero-order valence-electron chi connectivity index (χ0n) is 5.52. The summed E-state index contributed by atoms with van der Waals surface area (Å²) in [5.41, 5.74) is 2.09. The van der Waals surface area contributed by atoms with E-state index in [1.54, 1.807) is 0 Å². The first-order valence-corrected chi connectivity index (χ1v) is 2.86. The number of nitrogens with one attached hydrogen (secondary N) is 1. The van der Waals surface area contributed by atoms with Crippen molar-refractivity contribution < 1.29 is 5.21 Å². The molecule has 0 saturated carbocycles. The molecule has 0 spiro atoms. The van der Waals surface area contributed by atoms with Gasteiger partial charge in [-0.25, -0.2) is 5.48 Å². The standard InChI is InChI=1S/C5H14N2O/c1-3-7(2)5-4-6-8/h6,8H,3-5H2,1-2H3. The molecular formula is C5H14N2O. The molecule has 0 unspecified atom stereocenters. The van der Waals surface area contributed by atoms with Crippen LogP contribution in [0.1, 0.15) is 6.92 Å². The molecule has 3 heteroatoms. The summed E-state index contributed by atoms with van der Waals surface area (Å²) in [6, 6.07) is 0. The summed E-state index contributed by atoms with van der Waals surface area (Å²) in [4.78, 5) is 2.11. The lowest BCUT2D eigenvalue weighted by Gasteiger charge is -2.11. The molecule has 3 nitrogen and oxygen atoms in total. The molecule has 0 rings (SSSR count). The van der Waals surface area contributed by atoms with Crippen molar-refractivity contribution in [1.29, 1.82) is 0 Å². The molecule has 0 fully saturated rings. The van der Waals surface area contributed by atoms with Gasteiger partial charge in [-0.1, -0.05) is 6.92 Å². The van der Waals surface area contributed by atoms with Crippen LogP contribution >= 0.6 is 0 Å². The summed E-state index contributed by atoms with van der Waals surface area (Å²) < 4.78 is 0. The quantitative estimate of drug-likeness (QED) is 0.507. The van der Waals surface area contributed by atoms with E-state index < -0.39 is 0 Å². The zero-order valence-corrected chi connectivity index (χ0v) is 5.52. The van der Waals surface area contributed by atoms with E-state index in [1.807, 2.05) is 7.05 Å². The van der Waals surface area contributed by atoms with Crippen molar-refractivity contribution in [2.45, 2.75) is 6.92 Å². The molecule has 0 aliphatic carbocycles. The first kappa shape index (κ1) is 7.88. The molecule has 0 aromatic rings. The molecule has 0 amide bonds. The highest BCUT2D eigenvalue weighted by Gasteiger charge is 1.89. The van der Waals surface area contributed by atoms with Gasteiger partial charge in [-0.2, -0.15) is 0 Å². The lowest BCUT2D eigenvalue weighted by atomic mass is 10.5. The maximum Gasteiger partial charge on any atom is 0.0335 e. The normalized spacial score (nSPS) is 10.5. The minimum absolute atomic E-state index is 0.643. The average Bonchev–Trinajstić information content (AvgIpc) is 1.83. The lowest BCUT2D eigenvalue weighted by molar-refractivity contribution is 0.154. The summed E-state index contributed by atoms with van der Waals surface area (Å²) >= 11 is 0. The first-order valence-electron chi connectivity index (χ1n) is 2.86. The molecule has 0 atom stereocenters. The Hall–Kier alpha value is -0.120. The molecule has 0 radical (unpaired) electrons. The van der Waals surface area contributed by atoms with Gasteiger partial charge in [0.05, 0.1) is 0 Å². The highest BCUT2D eigenvalue weighted by Crippen LogP contribution is 1.75. The van der Waals surface area contributed by atoms with Crippen LogP contribution in [0.4, 0.5) is 0 Å². The fraction of sp³-hybridized carbons (Fsp3) is 1.00. The summed E-state index contributed by atoms with van der Waals surface area (Å²) in [7, 11) is 2.01. The summed E-state index contributed by atoms with van der Waals surface area (Å²) in [6.45, 7) is 4.65. The van der Waals surface area contributed by atoms with Crippen LogP contribution < -0.4 is 5.48 Å². The number of hydrogen-bond donors (Lipinski definition) is 2. The van der Waals surface area contributed by atoms with Gasteiger partial charge < -0.3 is 10.1 Å². The molecule has 0 bridgehead atoms. The molecule has 0 saturated heterocycles. The monoisotopic (exact) mass is 118 g/mol. The van der Waals surface area contributed by atoms with Crippen molar-refractivity contribution >= 4 is 0 Å². The first-order chi connectivity index (χ1) is 3.81. The van der Waals surface area contributed by atoms with Gasteiger partial charge in [-0.05, 0) is 13.6 Å². The van der Waals surface area contributed by atoms with E-state index in [-0.39, 0.29) is 0 Å². The van der Waals surface area contributed by atoms with E-state index in [0.717, 1.165) is 13.1 Å². The van der Waals surface area contributed by atoms with Crippen LogP contribution in [-0.2, 0) is 0 Å². The SMILES string of the molecule is CCN(C)CCNO. The van der Waals surface area contributed by atoms with Gasteiger partial charge in [0.15, 0.2) is 0 Å². The molecule has 0 aromatic carbocycles. The predicted octanol–water partition coefficient (Wildman–Crippen LogP) is -0.0831. The van der Waals surface area contributed by atoms with Crippen LogP contribution in [0.15, 0.2) is 0 Å². The molecular weight excluding hydrogens is 104 g/mol. The molecule has 8 heavy (non-hydrogen) atoms. The Morgan fingerprint density at radius 2 is 2.25 bits per heavy atom. The van der Waals surface area contributed by atoms with Gasteiger partial charge in [0.25, 0.3) is 0 Å². The Labute approximate surface area is 50.3 Å². The van der Waals surface area contributed by atoms with Crippen molar-refractivity contribution in [2.24, 2.45) is 0 Å². The number of nitrogens with zero attached hydrogens (tertiary/aromatic N) is 1. The van der Waals surface area contributed by atoms with Crippen molar-refractivity contribution in [3.63, 3.8) is 0 Å². The Morgan fingerprint density at radius 3 is 2.62 bits per heavy atom. The third kappa shape index (κ3) is 4.05. The van der Waals surface area contributed by atoms with Gasteiger partial charge in [-0.15, -0.1) is 0 Å². The third-order valence-electron chi connectivity index (χ3n) is 1.15. The zero-order chi connectivity index (χ0) is 6.41. The van der Waals surface area contributed by atoms with Crippen LogP contribution in [0.2, 0.25) is 0 Å². The van der Waals surface area contributed by atoms with Gasteiger partial charge in [-0.3, -0.25) is 0 Å². The van der Waals surface area contributed by atoms with Gasteiger partial charge in [0.1, 0.15) is 0 Å². The lowest BCUT2D eigenvalue weighted by Crippen LogP contribution is -2.27. The second-order valence-electron chi connectivity index (χ2n) is 1.80. The molecule has 2 N–H and O–H groups in total. The maximum absolute atomic E-state index is 8.13. The van der Waals surface area contributed by atoms with E-state index in [2.05, 4.69) is 17.3 Å². The average molecular weight is 118 g/mol. The Balaban J connectivity index is 2.86. The van der Waals surface area contributed by atoms with Crippen LogP contribution in [0, 0.1) is 0 Å². The van der Waals surface area contributed by atoms with Crippen LogP contribution in [0.25, 0.3) is 0 Å².